The maximum atomic E-state index is 8.42. The highest BCUT2D eigenvalue weighted by atomic mass is 32.2. The van der Waals surface area contributed by atoms with Gasteiger partial charge >= 0.3 is 0 Å². The van der Waals surface area contributed by atoms with Gasteiger partial charge in [-0.3, -0.25) is 0 Å². The van der Waals surface area contributed by atoms with Gasteiger partial charge in [0.15, 0.2) is 5.17 Å². The van der Waals surface area contributed by atoms with Gasteiger partial charge in [0.05, 0.1) is 0 Å². The van der Waals surface area contributed by atoms with Crippen LogP contribution in [0.3, 0.4) is 0 Å². The van der Waals surface area contributed by atoms with Gasteiger partial charge in [-0.1, -0.05) is 18.7 Å². The van der Waals surface area contributed by atoms with Crippen molar-refractivity contribution in [2.24, 2.45) is 10.9 Å². The number of nitriles is 1. The third-order valence-corrected chi connectivity index (χ3v) is 2.74. The smallest absolute Gasteiger partial charge is 0.208 e. The average Bonchev–Trinajstić information content (AvgIpc) is 2.47. The van der Waals surface area contributed by atoms with Gasteiger partial charge in [0.2, 0.25) is 6.19 Å². The summed E-state index contributed by atoms with van der Waals surface area (Å²) in [6.45, 7) is 4.31. The Bertz CT molecular complexity index is 219. The molecule has 0 aromatic heterocycles. The molecule has 0 aliphatic carbocycles. The number of amidine groups is 1. The lowest BCUT2D eigenvalue weighted by molar-refractivity contribution is 0.503. The summed E-state index contributed by atoms with van der Waals surface area (Å²) in [6, 6.07) is 0. The van der Waals surface area contributed by atoms with Gasteiger partial charge in [0.25, 0.3) is 0 Å². The van der Waals surface area contributed by atoms with Crippen LogP contribution in [-0.4, -0.2) is 29.4 Å². The molecule has 0 aromatic carbocycles. The molecule has 0 radical (unpaired) electrons. The molecule has 0 N–H and O–H groups in total. The number of nitrogens with zero attached hydrogens (tertiary/aromatic N) is 3. The first-order valence-electron chi connectivity index (χ1n) is 4.03. The monoisotopic (exact) mass is 183 g/mol. The first-order chi connectivity index (χ1) is 5.77. The van der Waals surface area contributed by atoms with Crippen LogP contribution in [0.2, 0.25) is 0 Å². The summed E-state index contributed by atoms with van der Waals surface area (Å²) in [4.78, 5) is 5.95. The van der Waals surface area contributed by atoms with E-state index in [1.54, 1.807) is 11.8 Å². The van der Waals surface area contributed by atoms with Gasteiger partial charge in [0, 0.05) is 13.1 Å². The van der Waals surface area contributed by atoms with E-state index in [1.807, 2.05) is 12.4 Å². The van der Waals surface area contributed by atoms with Crippen LogP contribution in [0.4, 0.5) is 0 Å². The maximum Gasteiger partial charge on any atom is 0.208 e. The Kier molecular flexibility index (Phi) is 3.42. The molecule has 66 valence electrons. The van der Waals surface area contributed by atoms with Crippen molar-refractivity contribution in [3.63, 3.8) is 0 Å². The number of likely N-dealkylation sites (tertiary alicyclic amines) is 1. The number of aliphatic imine (C=N–C) groups is 1. The number of hydrogen-bond acceptors (Lipinski definition) is 3. The highest BCUT2D eigenvalue weighted by molar-refractivity contribution is 8.13. The van der Waals surface area contributed by atoms with Crippen molar-refractivity contribution < 1.29 is 0 Å². The minimum absolute atomic E-state index is 0.737. The van der Waals surface area contributed by atoms with Crippen molar-refractivity contribution in [3.8, 4) is 6.19 Å². The molecule has 0 saturated carbocycles. The normalized spacial score (nSPS) is 24.2. The molecule has 1 fully saturated rings. The van der Waals surface area contributed by atoms with E-state index in [9.17, 15) is 0 Å². The number of hydrogen-bond donors (Lipinski definition) is 0. The fraction of sp³-hybridized carbons (Fsp3) is 0.750. The van der Waals surface area contributed by atoms with Crippen molar-refractivity contribution in [1.82, 2.24) is 4.90 Å². The van der Waals surface area contributed by atoms with Crippen LogP contribution in [0.25, 0.3) is 0 Å². The molecule has 0 bridgehead atoms. The van der Waals surface area contributed by atoms with Gasteiger partial charge < -0.3 is 4.90 Å². The van der Waals surface area contributed by atoms with Gasteiger partial charge in [0.1, 0.15) is 0 Å². The van der Waals surface area contributed by atoms with Crippen molar-refractivity contribution >= 4 is 16.9 Å². The average molecular weight is 183 g/mol. The number of rotatable bonds is 0. The van der Waals surface area contributed by atoms with Gasteiger partial charge in [-0.05, 0) is 18.6 Å². The zero-order valence-electron chi connectivity index (χ0n) is 7.45. The molecule has 1 aliphatic heterocycles. The Morgan fingerprint density at radius 2 is 2.50 bits per heavy atom. The third-order valence-electron chi connectivity index (χ3n) is 2.02. The first kappa shape index (κ1) is 9.40. The third kappa shape index (κ3) is 2.15. The fourth-order valence-corrected chi connectivity index (χ4v) is 1.95. The fourth-order valence-electron chi connectivity index (χ4n) is 1.40. The quantitative estimate of drug-likeness (QED) is 0.325. The first-order valence-corrected chi connectivity index (χ1v) is 5.26. The lowest BCUT2D eigenvalue weighted by Crippen LogP contribution is -2.25. The summed E-state index contributed by atoms with van der Waals surface area (Å²) in [5.41, 5.74) is 0. The van der Waals surface area contributed by atoms with Crippen LogP contribution in [-0.2, 0) is 0 Å². The molecule has 3 nitrogen and oxygen atoms in total. The standard InChI is InChI=1S/C8H13N3S/c1-7-3-4-11(5-7)8(12-2)10-6-9/h7H,3-5H2,1-2H3. The Balaban J connectivity index is 2.57. The van der Waals surface area contributed by atoms with Crippen LogP contribution in [0, 0.1) is 17.4 Å². The lowest BCUT2D eigenvalue weighted by Gasteiger charge is -2.16. The molecule has 0 aromatic rings. The molecule has 4 heteroatoms. The van der Waals surface area contributed by atoms with E-state index < -0.39 is 0 Å². The topological polar surface area (TPSA) is 39.4 Å². The van der Waals surface area contributed by atoms with E-state index >= 15 is 0 Å². The largest absolute Gasteiger partial charge is 0.350 e. The molecule has 1 heterocycles. The van der Waals surface area contributed by atoms with Gasteiger partial charge in [-0.15, -0.1) is 4.99 Å². The molecule has 1 rings (SSSR count). The Morgan fingerprint density at radius 3 is 2.92 bits per heavy atom. The zero-order chi connectivity index (χ0) is 8.97. The zero-order valence-corrected chi connectivity index (χ0v) is 8.27. The predicted molar refractivity (Wildman–Crippen MR) is 51.9 cm³/mol. The van der Waals surface area contributed by atoms with Crippen molar-refractivity contribution in [2.45, 2.75) is 13.3 Å². The number of thioether (sulfide) groups is 1. The lowest BCUT2D eigenvalue weighted by atomic mass is 10.2. The van der Waals surface area contributed by atoms with E-state index in [-0.39, 0.29) is 0 Å². The van der Waals surface area contributed by atoms with E-state index in [0.717, 1.165) is 24.2 Å². The summed E-state index contributed by atoms with van der Waals surface area (Å²) < 4.78 is 0. The van der Waals surface area contributed by atoms with Crippen LogP contribution in [0.1, 0.15) is 13.3 Å². The predicted octanol–water partition coefficient (Wildman–Crippen LogP) is 1.53. The summed E-state index contributed by atoms with van der Waals surface area (Å²) in [6.07, 6.45) is 5.01. The highest BCUT2D eigenvalue weighted by Gasteiger charge is 2.20. The molecule has 1 unspecified atom stereocenters. The van der Waals surface area contributed by atoms with E-state index in [2.05, 4.69) is 16.8 Å². The second-order valence-electron chi connectivity index (χ2n) is 3.04. The summed E-state index contributed by atoms with van der Waals surface area (Å²) >= 11 is 1.55. The summed E-state index contributed by atoms with van der Waals surface area (Å²) in [5, 5.41) is 9.28. The van der Waals surface area contributed by atoms with Crippen molar-refractivity contribution in [3.05, 3.63) is 0 Å². The second-order valence-corrected chi connectivity index (χ2v) is 3.81. The second kappa shape index (κ2) is 4.36. The molecule has 12 heavy (non-hydrogen) atoms. The molecule has 0 amide bonds. The van der Waals surface area contributed by atoms with E-state index in [1.165, 1.54) is 6.42 Å². The SMILES string of the molecule is CSC(=NC#N)N1CCC(C)C1. The van der Waals surface area contributed by atoms with Gasteiger partial charge in [-0.25, -0.2) is 0 Å². The molecule has 1 atom stereocenters. The Hall–Kier alpha value is -0.690. The van der Waals surface area contributed by atoms with Crippen molar-refractivity contribution in [2.75, 3.05) is 19.3 Å². The summed E-state index contributed by atoms with van der Waals surface area (Å²) in [5.74, 6) is 0.737. The molecule has 0 spiro atoms. The van der Waals surface area contributed by atoms with Crippen LogP contribution in [0.15, 0.2) is 4.99 Å². The molecule has 1 saturated heterocycles. The van der Waals surface area contributed by atoms with Gasteiger partial charge in [-0.2, -0.15) is 5.26 Å². The Labute approximate surface area is 77.5 Å². The summed E-state index contributed by atoms with van der Waals surface area (Å²) in [7, 11) is 0. The van der Waals surface area contributed by atoms with Crippen LogP contribution < -0.4 is 0 Å². The molecule has 1 aliphatic rings. The van der Waals surface area contributed by atoms with E-state index in [0.29, 0.717) is 0 Å². The molecular weight excluding hydrogens is 170 g/mol. The highest BCUT2D eigenvalue weighted by Crippen LogP contribution is 2.18. The minimum atomic E-state index is 0.737. The maximum absolute atomic E-state index is 8.42. The molecular formula is C8H13N3S. The van der Waals surface area contributed by atoms with Crippen LogP contribution >= 0.6 is 11.8 Å². The minimum Gasteiger partial charge on any atom is -0.350 e. The van der Waals surface area contributed by atoms with E-state index in [4.69, 9.17) is 5.26 Å². The van der Waals surface area contributed by atoms with Crippen LogP contribution in [0.5, 0.6) is 0 Å². The Morgan fingerprint density at radius 1 is 1.75 bits per heavy atom. The van der Waals surface area contributed by atoms with Crippen molar-refractivity contribution in [1.29, 1.82) is 5.26 Å².